The summed E-state index contributed by atoms with van der Waals surface area (Å²) in [5.74, 6) is 0.653. The SMILES string of the molecule is Cc1cc(C)cc(Cn2cc(CNCC(C)C)nn2)c1. The number of nitrogens with zero attached hydrogens (tertiary/aromatic N) is 3. The van der Waals surface area contributed by atoms with Gasteiger partial charge in [0.2, 0.25) is 0 Å². The Morgan fingerprint density at radius 1 is 1.15 bits per heavy atom. The van der Waals surface area contributed by atoms with Crippen molar-refractivity contribution < 1.29 is 0 Å². The van der Waals surface area contributed by atoms with Gasteiger partial charge in [0.25, 0.3) is 0 Å². The molecule has 1 heterocycles. The van der Waals surface area contributed by atoms with Gasteiger partial charge in [-0.05, 0) is 31.9 Å². The fraction of sp³-hybridized carbons (Fsp3) is 0.500. The van der Waals surface area contributed by atoms with Crippen LogP contribution >= 0.6 is 0 Å². The van der Waals surface area contributed by atoms with Crippen molar-refractivity contribution in [3.8, 4) is 0 Å². The number of hydrogen-bond acceptors (Lipinski definition) is 3. The van der Waals surface area contributed by atoms with Gasteiger partial charge >= 0.3 is 0 Å². The number of aryl methyl sites for hydroxylation is 2. The maximum atomic E-state index is 4.20. The fourth-order valence-electron chi connectivity index (χ4n) is 2.33. The van der Waals surface area contributed by atoms with Gasteiger partial charge in [-0.1, -0.05) is 48.4 Å². The van der Waals surface area contributed by atoms with Crippen LogP contribution in [-0.4, -0.2) is 21.5 Å². The van der Waals surface area contributed by atoms with Gasteiger partial charge in [-0.15, -0.1) is 5.10 Å². The van der Waals surface area contributed by atoms with Crippen molar-refractivity contribution in [1.29, 1.82) is 0 Å². The summed E-state index contributed by atoms with van der Waals surface area (Å²) in [6.07, 6.45) is 2.02. The van der Waals surface area contributed by atoms with Crippen molar-refractivity contribution in [2.75, 3.05) is 6.54 Å². The predicted molar refractivity (Wildman–Crippen MR) is 81.6 cm³/mol. The molecule has 0 aliphatic carbocycles. The summed E-state index contributed by atoms with van der Waals surface area (Å²) in [6, 6.07) is 6.59. The normalized spacial score (nSPS) is 11.2. The standard InChI is InChI=1S/C16H24N4/c1-12(2)8-17-9-16-11-20(19-18-16)10-15-6-13(3)5-14(4)7-15/h5-7,11-12,17H,8-10H2,1-4H3. The van der Waals surface area contributed by atoms with Crippen molar-refractivity contribution in [3.63, 3.8) is 0 Å². The minimum atomic E-state index is 0.653. The van der Waals surface area contributed by atoms with Gasteiger partial charge in [-0.2, -0.15) is 0 Å². The molecular formula is C16H24N4. The Morgan fingerprint density at radius 2 is 1.85 bits per heavy atom. The monoisotopic (exact) mass is 272 g/mol. The summed E-state index contributed by atoms with van der Waals surface area (Å²) in [6.45, 7) is 11.2. The van der Waals surface area contributed by atoms with Crippen LogP contribution in [0.15, 0.2) is 24.4 Å². The van der Waals surface area contributed by atoms with E-state index in [4.69, 9.17) is 0 Å². The van der Waals surface area contributed by atoms with Crippen LogP contribution in [0, 0.1) is 19.8 Å². The zero-order valence-electron chi connectivity index (χ0n) is 12.8. The summed E-state index contributed by atoms with van der Waals surface area (Å²) < 4.78 is 1.90. The van der Waals surface area contributed by atoms with Crippen molar-refractivity contribution in [2.45, 2.75) is 40.8 Å². The Balaban J connectivity index is 1.95. The summed E-state index contributed by atoms with van der Waals surface area (Å²) in [5, 5.41) is 11.8. The highest BCUT2D eigenvalue weighted by Crippen LogP contribution is 2.10. The minimum absolute atomic E-state index is 0.653. The lowest BCUT2D eigenvalue weighted by Gasteiger charge is -2.05. The van der Waals surface area contributed by atoms with Crippen molar-refractivity contribution in [2.24, 2.45) is 5.92 Å². The molecule has 1 N–H and O–H groups in total. The average Bonchev–Trinajstić information content (AvgIpc) is 2.74. The molecular weight excluding hydrogens is 248 g/mol. The lowest BCUT2D eigenvalue weighted by atomic mass is 10.1. The molecule has 0 fully saturated rings. The lowest BCUT2D eigenvalue weighted by Crippen LogP contribution is -2.19. The van der Waals surface area contributed by atoms with Gasteiger partial charge in [0.05, 0.1) is 18.4 Å². The first-order valence-corrected chi connectivity index (χ1v) is 7.20. The minimum Gasteiger partial charge on any atom is -0.311 e. The second-order valence-corrected chi connectivity index (χ2v) is 5.93. The topological polar surface area (TPSA) is 42.7 Å². The third-order valence-corrected chi connectivity index (χ3v) is 3.07. The zero-order valence-corrected chi connectivity index (χ0v) is 12.8. The predicted octanol–water partition coefficient (Wildman–Crippen LogP) is 2.69. The Morgan fingerprint density at radius 3 is 2.50 bits per heavy atom. The van der Waals surface area contributed by atoms with Crippen LogP contribution < -0.4 is 5.32 Å². The second kappa shape index (κ2) is 6.66. The van der Waals surface area contributed by atoms with E-state index in [1.807, 2.05) is 10.9 Å². The van der Waals surface area contributed by atoms with E-state index in [0.29, 0.717) is 5.92 Å². The van der Waals surface area contributed by atoms with Crippen LogP contribution in [0.4, 0.5) is 0 Å². The quantitative estimate of drug-likeness (QED) is 0.879. The van der Waals surface area contributed by atoms with E-state index in [-0.39, 0.29) is 0 Å². The van der Waals surface area contributed by atoms with Gasteiger partial charge in [-0.3, -0.25) is 0 Å². The van der Waals surface area contributed by atoms with E-state index < -0.39 is 0 Å². The molecule has 0 spiro atoms. The molecule has 0 aliphatic heterocycles. The Bertz CT molecular complexity index is 537. The Kier molecular flexibility index (Phi) is 4.90. The van der Waals surface area contributed by atoms with Gasteiger partial charge in [-0.25, -0.2) is 4.68 Å². The Labute approximate surface area is 121 Å². The fourth-order valence-corrected chi connectivity index (χ4v) is 2.33. The molecule has 0 aliphatic rings. The molecule has 0 radical (unpaired) electrons. The lowest BCUT2D eigenvalue weighted by molar-refractivity contribution is 0.548. The first-order chi connectivity index (χ1) is 9.52. The molecule has 2 rings (SSSR count). The molecule has 4 heteroatoms. The highest BCUT2D eigenvalue weighted by atomic mass is 15.4. The van der Waals surface area contributed by atoms with Crippen LogP contribution in [0.3, 0.4) is 0 Å². The van der Waals surface area contributed by atoms with Crippen LogP contribution in [0.2, 0.25) is 0 Å². The summed E-state index contributed by atoms with van der Waals surface area (Å²) in [7, 11) is 0. The largest absolute Gasteiger partial charge is 0.311 e. The molecule has 0 saturated heterocycles. The van der Waals surface area contributed by atoms with Crippen LogP contribution in [-0.2, 0) is 13.1 Å². The molecule has 0 amide bonds. The highest BCUT2D eigenvalue weighted by molar-refractivity contribution is 5.28. The molecule has 4 nitrogen and oxygen atoms in total. The number of hydrogen-bond donors (Lipinski definition) is 1. The van der Waals surface area contributed by atoms with Gasteiger partial charge in [0.15, 0.2) is 0 Å². The number of aromatic nitrogens is 3. The first-order valence-electron chi connectivity index (χ1n) is 7.20. The van der Waals surface area contributed by atoms with E-state index in [0.717, 1.165) is 25.3 Å². The molecule has 0 bridgehead atoms. The third-order valence-electron chi connectivity index (χ3n) is 3.07. The van der Waals surface area contributed by atoms with Crippen molar-refractivity contribution in [3.05, 3.63) is 46.8 Å². The van der Waals surface area contributed by atoms with Crippen LogP contribution in [0.25, 0.3) is 0 Å². The molecule has 20 heavy (non-hydrogen) atoms. The van der Waals surface area contributed by atoms with Gasteiger partial charge < -0.3 is 5.32 Å². The number of rotatable bonds is 6. The first kappa shape index (κ1) is 14.7. The molecule has 1 aromatic carbocycles. The van der Waals surface area contributed by atoms with E-state index in [9.17, 15) is 0 Å². The molecule has 2 aromatic rings. The van der Waals surface area contributed by atoms with E-state index in [1.165, 1.54) is 16.7 Å². The van der Waals surface area contributed by atoms with Crippen molar-refractivity contribution >= 4 is 0 Å². The summed E-state index contributed by atoms with van der Waals surface area (Å²) in [5.41, 5.74) is 4.85. The second-order valence-electron chi connectivity index (χ2n) is 5.93. The smallest absolute Gasteiger partial charge is 0.0964 e. The zero-order chi connectivity index (χ0) is 14.5. The molecule has 108 valence electrons. The van der Waals surface area contributed by atoms with Gasteiger partial charge in [0, 0.05) is 6.54 Å². The molecule has 1 aromatic heterocycles. The Hall–Kier alpha value is -1.68. The number of benzene rings is 1. The third kappa shape index (κ3) is 4.46. The molecule has 0 atom stereocenters. The average molecular weight is 272 g/mol. The van der Waals surface area contributed by atoms with E-state index in [2.05, 4.69) is 61.5 Å². The van der Waals surface area contributed by atoms with E-state index in [1.54, 1.807) is 0 Å². The van der Waals surface area contributed by atoms with Crippen LogP contribution in [0.5, 0.6) is 0 Å². The summed E-state index contributed by atoms with van der Waals surface area (Å²) >= 11 is 0. The molecule has 0 saturated carbocycles. The van der Waals surface area contributed by atoms with E-state index >= 15 is 0 Å². The number of nitrogens with one attached hydrogen (secondary N) is 1. The molecule has 0 unspecified atom stereocenters. The maximum absolute atomic E-state index is 4.20. The van der Waals surface area contributed by atoms with Crippen molar-refractivity contribution in [1.82, 2.24) is 20.3 Å². The maximum Gasteiger partial charge on any atom is 0.0964 e. The van der Waals surface area contributed by atoms with Gasteiger partial charge in [0.1, 0.15) is 0 Å². The summed E-state index contributed by atoms with van der Waals surface area (Å²) in [4.78, 5) is 0. The van der Waals surface area contributed by atoms with Crippen LogP contribution in [0.1, 0.15) is 36.2 Å². The highest BCUT2D eigenvalue weighted by Gasteiger charge is 2.03.